The molecule has 1 N–H and O–H groups in total. The van der Waals surface area contributed by atoms with Crippen LogP contribution in [-0.4, -0.2) is 45.1 Å². The maximum Gasteiger partial charge on any atom is 0.251 e. The van der Waals surface area contributed by atoms with Crippen molar-refractivity contribution >= 4 is 34.6 Å². The summed E-state index contributed by atoms with van der Waals surface area (Å²) in [5, 5.41) is 2.87. The number of hydrogen-bond donors (Lipinski definition) is 1. The molecule has 1 aromatic heterocycles. The minimum atomic E-state index is -0.178. The van der Waals surface area contributed by atoms with Crippen molar-refractivity contribution < 1.29 is 9.59 Å². The fraction of sp³-hybridized carbons (Fsp3) is 0.333. The monoisotopic (exact) mass is 276 g/mol. The molecule has 1 fully saturated rings. The molecule has 0 saturated carbocycles. The molecule has 2 aromatic rings. The molecule has 1 saturated heterocycles. The SMILES string of the molecule is CN1C[C@@H](NC(=O)c2ccc3nsnc3c2)CC1=O. The largest absolute Gasteiger partial charge is 0.347 e. The number of fused-ring (bicyclic) bond motifs is 1. The second-order valence-corrected chi connectivity index (χ2v) is 5.14. The molecule has 1 atom stereocenters. The predicted molar refractivity (Wildman–Crippen MR) is 70.9 cm³/mol. The molecule has 0 radical (unpaired) electrons. The van der Waals surface area contributed by atoms with Gasteiger partial charge in [0, 0.05) is 25.6 Å². The minimum Gasteiger partial charge on any atom is -0.347 e. The Balaban J connectivity index is 1.75. The van der Waals surface area contributed by atoms with Gasteiger partial charge in [-0.2, -0.15) is 8.75 Å². The second-order valence-electron chi connectivity index (χ2n) is 4.62. The van der Waals surface area contributed by atoms with E-state index in [1.165, 1.54) is 0 Å². The predicted octanol–water partition coefficient (Wildman–Crippen LogP) is 0.652. The molecule has 6 nitrogen and oxygen atoms in total. The number of hydrogen-bond acceptors (Lipinski definition) is 5. The Kier molecular flexibility index (Phi) is 2.90. The van der Waals surface area contributed by atoms with Gasteiger partial charge >= 0.3 is 0 Å². The van der Waals surface area contributed by atoms with Crippen molar-refractivity contribution in [2.24, 2.45) is 0 Å². The molecule has 1 aromatic carbocycles. The van der Waals surface area contributed by atoms with Gasteiger partial charge in [0.15, 0.2) is 0 Å². The minimum absolute atomic E-state index is 0.0597. The Bertz CT molecular complexity index is 654. The lowest BCUT2D eigenvalue weighted by Crippen LogP contribution is -2.36. The van der Waals surface area contributed by atoms with Gasteiger partial charge in [0.25, 0.3) is 5.91 Å². The summed E-state index contributed by atoms with van der Waals surface area (Å²) in [6.45, 7) is 0.561. The van der Waals surface area contributed by atoms with E-state index in [-0.39, 0.29) is 17.9 Å². The first-order chi connectivity index (χ1) is 9.13. The van der Waals surface area contributed by atoms with Crippen LogP contribution in [0, 0.1) is 0 Å². The highest BCUT2D eigenvalue weighted by Crippen LogP contribution is 2.14. The van der Waals surface area contributed by atoms with Crippen LogP contribution in [0.1, 0.15) is 16.8 Å². The molecule has 0 bridgehead atoms. The van der Waals surface area contributed by atoms with Crippen LogP contribution in [0.25, 0.3) is 11.0 Å². The highest BCUT2D eigenvalue weighted by molar-refractivity contribution is 7.00. The molecule has 1 aliphatic rings. The molecule has 2 amide bonds. The van der Waals surface area contributed by atoms with Gasteiger partial charge in [-0.25, -0.2) is 0 Å². The summed E-state index contributed by atoms with van der Waals surface area (Å²) < 4.78 is 8.20. The van der Waals surface area contributed by atoms with E-state index in [1.54, 1.807) is 30.1 Å². The van der Waals surface area contributed by atoms with Gasteiger partial charge in [0.05, 0.1) is 17.8 Å². The maximum absolute atomic E-state index is 12.1. The van der Waals surface area contributed by atoms with Crippen LogP contribution in [0.2, 0.25) is 0 Å². The first-order valence-corrected chi connectivity index (χ1v) is 6.63. The normalized spacial score (nSPS) is 19.1. The van der Waals surface area contributed by atoms with E-state index in [2.05, 4.69) is 14.1 Å². The molecule has 0 spiro atoms. The number of carbonyl (C=O) groups excluding carboxylic acids is 2. The number of carbonyl (C=O) groups is 2. The summed E-state index contributed by atoms with van der Waals surface area (Å²) in [4.78, 5) is 25.1. The Morgan fingerprint density at radius 1 is 1.42 bits per heavy atom. The topological polar surface area (TPSA) is 75.2 Å². The zero-order chi connectivity index (χ0) is 13.4. The van der Waals surface area contributed by atoms with Gasteiger partial charge in [0.1, 0.15) is 11.0 Å². The van der Waals surface area contributed by atoms with Crippen LogP contribution in [0.15, 0.2) is 18.2 Å². The smallest absolute Gasteiger partial charge is 0.251 e. The van der Waals surface area contributed by atoms with E-state index in [0.29, 0.717) is 18.5 Å². The number of rotatable bonds is 2. The summed E-state index contributed by atoms with van der Waals surface area (Å²) in [7, 11) is 1.74. The Morgan fingerprint density at radius 2 is 2.21 bits per heavy atom. The van der Waals surface area contributed by atoms with Crippen LogP contribution in [0.4, 0.5) is 0 Å². The Hall–Kier alpha value is -2.02. The quantitative estimate of drug-likeness (QED) is 0.874. The van der Waals surface area contributed by atoms with Gasteiger partial charge in [0.2, 0.25) is 5.91 Å². The molecular formula is C12H12N4O2S. The van der Waals surface area contributed by atoms with Crippen molar-refractivity contribution in [1.82, 2.24) is 19.0 Å². The van der Waals surface area contributed by atoms with E-state index in [9.17, 15) is 9.59 Å². The van der Waals surface area contributed by atoms with Crippen molar-refractivity contribution in [2.45, 2.75) is 12.5 Å². The molecular weight excluding hydrogens is 264 g/mol. The average molecular weight is 276 g/mol. The molecule has 0 aliphatic carbocycles. The lowest BCUT2D eigenvalue weighted by molar-refractivity contribution is -0.126. The summed E-state index contributed by atoms with van der Waals surface area (Å²) in [6, 6.07) is 5.10. The van der Waals surface area contributed by atoms with Gasteiger partial charge in [-0.3, -0.25) is 9.59 Å². The van der Waals surface area contributed by atoms with E-state index in [4.69, 9.17) is 0 Å². The van der Waals surface area contributed by atoms with E-state index in [1.807, 2.05) is 0 Å². The van der Waals surface area contributed by atoms with E-state index in [0.717, 1.165) is 22.8 Å². The lowest BCUT2D eigenvalue weighted by Gasteiger charge is -2.12. The highest BCUT2D eigenvalue weighted by atomic mass is 32.1. The third-order valence-corrected chi connectivity index (χ3v) is 3.75. The fourth-order valence-electron chi connectivity index (χ4n) is 2.15. The molecule has 3 rings (SSSR count). The third kappa shape index (κ3) is 2.28. The number of likely N-dealkylation sites (tertiary alicyclic amines) is 1. The summed E-state index contributed by atoms with van der Waals surface area (Å²) in [6.07, 6.45) is 0.364. The maximum atomic E-state index is 12.1. The zero-order valence-corrected chi connectivity index (χ0v) is 11.1. The van der Waals surface area contributed by atoms with Gasteiger partial charge in [-0.15, -0.1) is 0 Å². The van der Waals surface area contributed by atoms with Gasteiger partial charge in [-0.05, 0) is 18.2 Å². The highest BCUT2D eigenvalue weighted by Gasteiger charge is 2.28. The third-order valence-electron chi connectivity index (χ3n) is 3.19. The lowest BCUT2D eigenvalue weighted by atomic mass is 10.1. The Labute approximate surface area is 113 Å². The van der Waals surface area contributed by atoms with Crippen molar-refractivity contribution in [3.63, 3.8) is 0 Å². The summed E-state index contributed by atoms with van der Waals surface area (Å²) in [5.74, 6) is -0.118. The fourth-order valence-corrected chi connectivity index (χ4v) is 2.67. The number of likely N-dealkylation sites (N-methyl/N-ethyl adjacent to an activating group) is 1. The zero-order valence-electron chi connectivity index (χ0n) is 10.3. The number of benzene rings is 1. The van der Waals surface area contributed by atoms with Crippen molar-refractivity contribution in [3.8, 4) is 0 Å². The van der Waals surface area contributed by atoms with Crippen LogP contribution in [0.5, 0.6) is 0 Å². The molecule has 0 unspecified atom stereocenters. The van der Waals surface area contributed by atoms with Crippen molar-refractivity contribution in [3.05, 3.63) is 23.8 Å². The number of amides is 2. The van der Waals surface area contributed by atoms with Crippen molar-refractivity contribution in [2.75, 3.05) is 13.6 Å². The number of nitrogens with zero attached hydrogens (tertiary/aromatic N) is 3. The number of nitrogens with one attached hydrogen (secondary N) is 1. The molecule has 7 heteroatoms. The van der Waals surface area contributed by atoms with Crippen LogP contribution in [0.3, 0.4) is 0 Å². The van der Waals surface area contributed by atoms with Crippen LogP contribution < -0.4 is 5.32 Å². The average Bonchev–Trinajstić information content (AvgIpc) is 2.96. The Morgan fingerprint density at radius 3 is 2.95 bits per heavy atom. The first-order valence-electron chi connectivity index (χ1n) is 5.90. The first kappa shape index (κ1) is 12.0. The molecule has 98 valence electrons. The standard InChI is InChI=1S/C12H12N4O2S/c1-16-6-8(5-11(16)17)13-12(18)7-2-3-9-10(4-7)15-19-14-9/h2-4,8H,5-6H2,1H3,(H,13,18)/t8-/m0/s1. The van der Waals surface area contributed by atoms with E-state index < -0.39 is 0 Å². The van der Waals surface area contributed by atoms with E-state index >= 15 is 0 Å². The molecule has 19 heavy (non-hydrogen) atoms. The van der Waals surface area contributed by atoms with Crippen LogP contribution in [-0.2, 0) is 4.79 Å². The number of aromatic nitrogens is 2. The summed E-state index contributed by atoms with van der Waals surface area (Å²) >= 11 is 1.12. The molecule has 1 aliphatic heterocycles. The second kappa shape index (κ2) is 4.58. The summed E-state index contributed by atoms with van der Waals surface area (Å²) in [5.41, 5.74) is 2.05. The molecule has 2 heterocycles. The van der Waals surface area contributed by atoms with Gasteiger partial charge < -0.3 is 10.2 Å². The van der Waals surface area contributed by atoms with Gasteiger partial charge in [-0.1, -0.05) is 0 Å². The van der Waals surface area contributed by atoms with Crippen molar-refractivity contribution in [1.29, 1.82) is 0 Å². The van der Waals surface area contributed by atoms with Crippen LogP contribution >= 0.6 is 11.7 Å².